The normalized spacial score (nSPS) is 20.2. The van der Waals surface area contributed by atoms with Gasteiger partial charge in [0.2, 0.25) is 0 Å². The fraction of sp³-hybridized carbons (Fsp3) is 0.600. The molecule has 0 unspecified atom stereocenters. The van der Waals surface area contributed by atoms with E-state index in [0.717, 1.165) is 26.2 Å². The van der Waals surface area contributed by atoms with Crippen LogP contribution < -0.4 is 5.73 Å². The minimum Gasteiger partial charge on any atom is -0.329 e. The maximum Gasteiger partial charge on any atom is 0.0349 e. The quantitative estimate of drug-likeness (QED) is 0.876. The first-order chi connectivity index (χ1) is 8.66. The fourth-order valence-electron chi connectivity index (χ4n) is 2.80. The fourth-order valence-corrected chi connectivity index (χ4v) is 2.80. The third-order valence-corrected chi connectivity index (χ3v) is 4.36. The molecule has 0 atom stereocenters. The summed E-state index contributed by atoms with van der Waals surface area (Å²) in [4.78, 5) is 4.85. The Balaban J connectivity index is 1.91. The van der Waals surface area contributed by atoms with Gasteiger partial charge in [-0.2, -0.15) is 0 Å². The van der Waals surface area contributed by atoms with Gasteiger partial charge in [0.15, 0.2) is 0 Å². The van der Waals surface area contributed by atoms with E-state index >= 15 is 0 Å². The van der Waals surface area contributed by atoms with Gasteiger partial charge < -0.3 is 10.6 Å². The van der Waals surface area contributed by atoms with E-state index in [1.807, 2.05) is 0 Å². The molecule has 0 bridgehead atoms. The number of nitrogens with two attached hydrogens (primary N) is 1. The molecule has 2 rings (SSSR count). The molecule has 0 aliphatic carbocycles. The van der Waals surface area contributed by atoms with E-state index in [2.05, 4.69) is 54.2 Å². The van der Waals surface area contributed by atoms with Crippen LogP contribution in [0.2, 0.25) is 0 Å². The third kappa shape index (κ3) is 2.91. The maximum atomic E-state index is 5.98. The SMILES string of the molecule is CN(C)C1(CN)CCN(Cc2ccccc2)CC1. The van der Waals surface area contributed by atoms with Crippen molar-refractivity contribution in [1.82, 2.24) is 9.80 Å². The zero-order chi connectivity index (χ0) is 13.0. The first-order valence-corrected chi connectivity index (χ1v) is 6.80. The van der Waals surface area contributed by atoms with Crippen molar-refractivity contribution in [3.8, 4) is 0 Å². The van der Waals surface area contributed by atoms with E-state index in [9.17, 15) is 0 Å². The Kier molecular flexibility index (Phi) is 4.38. The minimum absolute atomic E-state index is 0.215. The van der Waals surface area contributed by atoms with Crippen molar-refractivity contribution in [2.45, 2.75) is 24.9 Å². The van der Waals surface area contributed by atoms with Crippen molar-refractivity contribution >= 4 is 0 Å². The minimum atomic E-state index is 0.215. The van der Waals surface area contributed by atoms with E-state index in [1.165, 1.54) is 18.4 Å². The smallest absolute Gasteiger partial charge is 0.0349 e. The lowest BCUT2D eigenvalue weighted by molar-refractivity contribution is 0.0597. The molecule has 2 N–H and O–H groups in total. The second-order valence-corrected chi connectivity index (χ2v) is 5.58. The molecule has 18 heavy (non-hydrogen) atoms. The second-order valence-electron chi connectivity index (χ2n) is 5.58. The molecule has 1 heterocycles. The highest BCUT2D eigenvalue weighted by Gasteiger charge is 2.34. The summed E-state index contributed by atoms with van der Waals surface area (Å²) in [6.45, 7) is 4.11. The summed E-state index contributed by atoms with van der Waals surface area (Å²) in [5.74, 6) is 0. The van der Waals surface area contributed by atoms with E-state index in [-0.39, 0.29) is 5.54 Å². The Morgan fingerprint density at radius 3 is 2.28 bits per heavy atom. The number of hydrogen-bond donors (Lipinski definition) is 1. The van der Waals surface area contributed by atoms with Crippen molar-refractivity contribution in [2.75, 3.05) is 33.7 Å². The monoisotopic (exact) mass is 247 g/mol. The van der Waals surface area contributed by atoms with Crippen molar-refractivity contribution in [1.29, 1.82) is 0 Å². The third-order valence-electron chi connectivity index (χ3n) is 4.36. The Hall–Kier alpha value is -0.900. The van der Waals surface area contributed by atoms with Crippen molar-refractivity contribution in [3.05, 3.63) is 35.9 Å². The van der Waals surface area contributed by atoms with Crippen LogP contribution in [0.1, 0.15) is 18.4 Å². The van der Waals surface area contributed by atoms with Crippen LogP contribution in [0.5, 0.6) is 0 Å². The first kappa shape index (κ1) is 13.5. The topological polar surface area (TPSA) is 32.5 Å². The molecule has 1 fully saturated rings. The summed E-state index contributed by atoms with van der Waals surface area (Å²) >= 11 is 0. The lowest BCUT2D eigenvalue weighted by atomic mass is 9.86. The lowest BCUT2D eigenvalue weighted by Gasteiger charge is -2.45. The highest BCUT2D eigenvalue weighted by atomic mass is 15.2. The van der Waals surface area contributed by atoms with Gasteiger partial charge in [0.1, 0.15) is 0 Å². The Labute approximate surface area is 111 Å². The van der Waals surface area contributed by atoms with Crippen molar-refractivity contribution in [3.63, 3.8) is 0 Å². The zero-order valence-corrected chi connectivity index (χ0v) is 11.6. The molecule has 3 heteroatoms. The van der Waals surface area contributed by atoms with Gasteiger partial charge in [0, 0.05) is 31.7 Å². The van der Waals surface area contributed by atoms with E-state index in [4.69, 9.17) is 5.73 Å². The number of nitrogens with zero attached hydrogens (tertiary/aromatic N) is 2. The maximum absolute atomic E-state index is 5.98. The predicted octanol–water partition coefficient (Wildman–Crippen LogP) is 1.54. The Morgan fingerprint density at radius 1 is 1.17 bits per heavy atom. The molecule has 1 aromatic carbocycles. The van der Waals surface area contributed by atoms with Crippen LogP contribution in [0, 0.1) is 0 Å². The van der Waals surface area contributed by atoms with Crippen LogP contribution in [0.3, 0.4) is 0 Å². The molecule has 1 saturated heterocycles. The number of hydrogen-bond acceptors (Lipinski definition) is 3. The van der Waals surface area contributed by atoms with E-state index in [0.29, 0.717) is 0 Å². The van der Waals surface area contributed by atoms with Gasteiger partial charge >= 0.3 is 0 Å². The Bertz CT molecular complexity index is 353. The number of piperidine rings is 1. The lowest BCUT2D eigenvalue weighted by Crippen LogP contribution is -2.56. The molecule has 1 aliphatic rings. The predicted molar refractivity (Wildman–Crippen MR) is 76.4 cm³/mol. The summed E-state index contributed by atoms with van der Waals surface area (Å²) in [6.07, 6.45) is 2.34. The number of likely N-dealkylation sites (N-methyl/N-ethyl adjacent to an activating group) is 1. The first-order valence-electron chi connectivity index (χ1n) is 6.80. The van der Waals surface area contributed by atoms with Crippen LogP contribution in [0.15, 0.2) is 30.3 Å². The van der Waals surface area contributed by atoms with Gasteiger partial charge in [0.05, 0.1) is 0 Å². The van der Waals surface area contributed by atoms with Crippen LogP contribution in [0.4, 0.5) is 0 Å². The molecule has 1 aliphatic heterocycles. The molecular weight excluding hydrogens is 222 g/mol. The van der Waals surface area contributed by atoms with Gasteiger partial charge in [-0.25, -0.2) is 0 Å². The summed E-state index contributed by atoms with van der Waals surface area (Å²) in [5.41, 5.74) is 7.60. The van der Waals surface area contributed by atoms with Gasteiger partial charge in [-0.3, -0.25) is 4.90 Å². The van der Waals surface area contributed by atoms with E-state index < -0.39 is 0 Å². The van der Waals surface area contributed by atoms with Gasteiger partial charge in [-0.15, -0.1) is 0 Å². The van der Waals surface area contributed by atoms with E-state index in [1.54, 1.807) is 0 Å². The van der Waals surface area contributed by atoms with Crippen LogP contribution >= 0.6 is 0 Å². The number of benzene rings is 1. The van der Waals surface area contributed by atoms with Crippen LogP contribution in [-0.2, 0) is 6.54 Å². The molecule has 0 aromatic heterocycles. The van der Waals surface area contributed by atoms with Crippen LogP contribution in [-0.4, -0.2) is 49.1 Å². The average Bonchev–Trinajstić information content (AvgIpc) is 2.41. The second kappa shape index (κ2) is 5.83. The molecule has 0 amide bonds. The molecule has 0 radical (unpaired) electrons. The Morgan fingerprint density at radius 2 is 1.78 bits per heavy atom. The number of rotatable bonds is 4. The van der Waals surface area contributed by atoms with Gasteiger partial charge in [-0.1, -0.05) is 30.3 Å². The summed E-state index contributed by atoms with van der Waals surface area (Å²) in [6, 6.07) is 10.7. The number of likely N-dealkylation sites (tertiary alicyclic amines) is 1. The van der Waals surface area contributed by atoms with Gasteiger partial charge in [-0.05, 0) is 32.5 Å². The molecule has 1 aromatic rings. The largest absolute Gasteiger partial charge is 0.329 e. The van der Waals surface area contributed by atoms with Gasteiger partial charge in [0.25, 0.3) is 0 Å². The molecule has 100 valence electrons. The summed E-state index contributed by atoms with van der Waals surface area (Å²) in [7, 11) is 4.30. The molecule has 0 spiro atoms. The molecule has 3 nitrogen and oxygen atoms in total. The molecule has 0 saturated carbocycles. The standard InChI is InChI=1S/C15H25N3/c1-17(2)15(13-16)8-10-18(11-9-15)12-14-6-4-3-5-7-14/h3-7H,8-13,16H2,1-2H3. The zero-order valence-electron chi connectivity index (χ0n) is 11.6. The summed E-state index contributed by atoms with van der Waals surface area (Å²) < 4.78 is 0. The average molecular weight is 247 g/mol. The van der Waals surface area contributed by atoms with Crippen molar-refractivity contribution < 1.29 is 0 Å². The van der Waals surface area contributed by atoms with Crippen LogP contribution in [0.25, 0.3) is 0 Å². The highest BCUT2D eigenvalue weighted by Crippen LogP contribution is 2.26. The van der Waals surface area contributed by atoms with Crippen molar-refractivity contribution in [2.24, 2.45) is 5.73 Å². The summed E-state index contributed by atoms with van der Waals surface area (Å²) in [5, 5.41) is 0. The molecular formula is C15H25N3. The highest BCUT2D eigenvalue weighted by molar-refractivity contribution is 5.14.